The lowest BCUT2D eigenvalue weighted by atomic mass is 9.87. The highest BCUT2D eigenvalue weighted by atomic mass is 16.6. The minimum atomic E-state index is -0.955. The lowest BCUT2D eigenvalue weighted by Gasteiger charge is -2.34. The Bertz CT molecular complexity index is 2560. The van der Waals surface area contributed by atoms with E-state index in [0.717, 1.165) is 72.4 Å². The molecule has 3 fully saturated rings. The molecule has 3 aromatic carbocycles. The van der Waals surface area contributed by atoms with Gasteiger partial charge in [-0.2, -0.15) is 10.2 Å². The number of aromatic nitrogens is 4. The predicted molar refractivity (Wildman–Crippen MR) is 261 cm³/mol. The number of anilines is 1. The van der Waals surface area contributed by atoms with Gasteiger partial charge in [-0.25, -0.2) is 9.59 Å². The Balaban J connectivity index is 1.00. The molecule has 8 rings (SSSR count). The summed E-state index contributed by atoms with van der Waals surface area (Å²) in [6, 6.07) is 29.7. The van der Waals surface area contributed by atoms with Crippen molar-refractivity contribution in [2.45, 2.75) is 129 Å². The van der Waals surface area contributed by atoms with Crippen LogP contribution < -0.4 is 16.0 Å². The average Bonchev–Trinajstić information content (AvgIpc) is 4.18. The second kappa shape index (κ2) is 19.9. The smallest absolute Gasteiger partial charge is 0.407 e. The van der Waals surface area contributed by atoms with Crippen LogP contribution in [0.5, 0.6) is 0 Å². The van der Waals surface area contributed by atoms with Gasteiger partial charge >= 0.3 is 12.2 Å². The third kappa shape index (κ3) is 9.98. The third-order valence-electron chi connectivity index (χ3n) is 14.1. The molecule has 3 saturated heterocycles. The summed E-state index contributed by atoms with van der Waals surface area (Å²) >= 11 is 0. The molecular formula is C53H67N9O6. The van der Waals surface area contributed by atoms with Crippen LogP contribution in [0.15, 0.2) is 84.9 Å². The van der Waals surface area contributed by atoms with Gasteiger partial charge in [0.05, 0.1) is 54.1 Å². The number of nitrogens with two attached hydrogens (primary N) is 1. The summed E-state index contributed by atoms with van der Waals surface area (Å²) in [5.74, 6) is -0.693. The predicted octanol–water partition coefficient (Wildman–Crippen LogP) is 9.67. The van der Waals surface area contributed by atoms with Gasteiger partial charge in [0.1, 0.15) is 6.04 Å². The van der Waals surface area contributed by atoms with E-state index in [0.29, 0.717) is 13.1 Å². The van der Waals surface area contributed by atoms with Crippen molar-refractivity contribution >= 4 is 29.7 Å². The number of H-pyrrole nitrogens is 2. The zero-order valence-electron chi connectivity index (χ0n) is 40.6. The van der Waals surface area contributed by atoms with Crippen molar-refractivity contribution in [1.29, 1.82) is 0 Å². The van der Waals surface area contributed by atoms with Crippen molar-refractivity contribution in [2.24, 2.45) is 17.6 Å². The Morgan fingerprint density at radius 2 is 1.16 bits per heavy atom. The number of amides is 4. The number of benzene rings is 3. The fourth-order valence-corrected chi connectivity index (χ4v) is 10.4. The van der Waals surface area contributed by atoms with E-state index in [-0.39, 0.29) is 53.2 Å². The van der Waals surface area contributed by atoms with Crippen molar-refractivity contribution in [3.63, 3.8) is 0 Å². The third-order valence-corrected chi connectivity index (χ3v) is 14.1. The molecular weight excluding hydrogens is 859 g/mol. The van der Waals surface area contributed by atoms with E-state index in [1.165, 1.54) is 29.5 Å². The topological polar surface area (TPSA) is 192 Å². The number of ether oxygens (including phenoxy) is 2. The number of methoxy groups -OCH3 is 1. The number of primary amides is 1. The van der Waals surface area contributed by atoms with Crippen molar-refractivity contribution in [1.82, 2.24) is 35.5 Å². The number of rotatable bonds is 13. The van der Waals surface area contributed by atoms with E-state index >= 15 is 0 Å². The van der Waals surface area contributed by atoms with Gasteiger partial charge in [0.15, 0.2) is 6.10 Å². The van der Waals surface area contributed by atoms with E-state index < -0.39 is 24.3 Å². The fraction of sp³-hybridized carbons (Fsp3) is 0.472. The number of hydrogen-bond acceptors (Lipinski definition) is 9. The monoisotopic (exact) mass is 926 g/mol. The molecule has 15 nitrogen and oxygen atoms in total. The Kier molecular flexibility index (Phi) is 14.0. The molecule has 0 unspecified atom stereocenters. The summed E-state index contributed by atoms with van der Waals surface area (Å²) in [6.07, 6.45) is 2.68. The molecule has 0 spiro atoms. The summed E-state index contributed by atoms with van der Waals surface area (Å²) in [5.41, 5.74) is 15.5. The molecule has 5 heterocycles. The first-order valence-corrected chi connectivity index (χ1v) is 24.1. The fourth-order valence-electron chi connectivity index (χ4n) is 10.4. The summed E-state index contributed by atoms with van der Waals surface area (Å²) in [6.45, 7) is 15.4. The second-order valence-electron chi connectivity index (χ2n) is 20.3. The van der Waals surface area contributed by atoms with E-state index in [9.17, 15) is 19.2 Å². The maximum absolute atomic E-state index is 13.8. The normalized spacial score (nSPS) is 20.5. The molecule has 6 atom stereocenters. The summed E-state index contributed by atoms with van der Waals surface area (Å²) in [7, 11) is 1.30. The van der Waals surface area contributed by atoms with E-state index in [1.807, 2.05) is 44.7 Å². The number of alkyl carbamates (subject to hydrolysis) is 1. The van der Waals surface area contributed by atoms with E-state index in [4.69, 9.17) is 20.3 Å². The Hall–Kier alpha value is -6.64. The van der Waals surface area contributed by atoms with Crippen molar-refractivity contribution < 1.29 is 28.7 Å². The maximum Gasteiger partial charge on any atom is 0.407 e. The molecule has 360 valence electrons. The summed E-state index contributed by atoms with van der Waals surface area (Å²) in [4.78, 5) is 57.2. The lowest BCUT2D eigenvalue weighted by molar-refractivity contribution is -0.143. The minimum absolute atomic E-state index is 0.0253. The first-order chi connectivity index (χ1) is 32.5. The van der Waals surface area contributed by atoms with E-state index in [2.05, 4.69) is 119 Å². The molecule has 4 amide bonds. The summed E-state index contributed by atoms with van der Waals surface area (Å²) < 4.78 is 10.1. The van der Waals surface area contributed by atoms with Crippen LogP contribution in [-0.2, 0) is 24.5 Å². The number of carbonyl (C=O) groups is 4. The number of aromatic amines is 2. The van der Waals surface area contributed by atoms with Gasteiger partial charge in [0, 0.05) is 29.9 Å². The average molecular weight is 926 g/mol. The molecule has 15 heteroatoms. The first kappa shape index (κ1) is 47.8. The number of likely N-dealkylation sites (tertiary alicyclic amines) is 2. The first-order valence-electron chi connectivity index (χ1n) is 24.1. The van der Waals surface area contributed by atoms with Crippen LogP contribution in [-0.4, -0.2) is 86.5 Å². The molecule has 0 bridgehead atoms. The molecule has 2 aromatic heterocycles. The van der Waals surface area contributed by atoms with Gasteiger partial charge < -0.3 is 35.2 Å². The maximum atomic E-state index is 13.8. The molecule has 5 N–H and O–H groups in total. The zero-order valence-corrected chi connectivity index (χ0v) is 40.6. The summed E-state index contributed by atoms with van der Waals surface area (Å²) in [5, 5.41) is 18.6. The molecule has 0 radical (unpaired) electrons. The molecule has 5 aromatic rings. The highest BCUT2D eigenvalue weighted by molar-refractivity contribution is 5.86. The Morgan fingerprint density at radius 3 is 1.59 bits per heavy atom. The zero-order chi connectivity index (χ0) is 48.4. The standard InChI is InChI=1S/C53H67N9O6/c1-31(2)47(55-52(66)67-8)49(63)60-27-9-11-45(60)41-29-39(56-58-41)33-13-17-35(18-14-33)43-25-26-44(62(43)38-23-21-37(22-24-38)53(5,6)7)36-19-15-34(16-20-36)40-30-42(59-57-40)46-12-10-28-61(46)50(64)48(32(3)4)68-51(54)65/h13-24,29-32,43-48H,9-12,25-28H2,1-8H3,(H2,54,65)(H,55,66)(H,56,58)(H,57,59)/t43-,44+,45-,46-,47-,48-/m0/s1. The molecule has 0 aliphatic carbocycles. The molecule has 0 saturated carbocycles. The Labute approximate surface area is 399 Å². The van der Waals surface area contributed by atoms with E-state index in [1.54, 1.807) is 4.90 Å². The molecule has 3 aliphatic rings. The SMILES string of the molecule is COC(=O)N[C@H](C(=O)N1CCC[C@H]1c1cc(-c2ccc([C@@H]3CC[C@H](c4ccc(-c5cc([C@@H]6CCCN6C(=O)[C@@H](OC(N)=O)C(C)C)[nH]n5)cc4)N3c3ccc(C(C)(C)C)cc3)cc2)n[nH]1)C(C)C. The number of carbonyl (C=O) groups excluding carboxylic acids is 4. The van der Waals surface area contributed by atoms with Gasteiger partial charge in [-0.15, -0.1) is 0 Å². The van der Waals surface area contributed by atoms with Crippen LogP contribution in [0.3, 0.4) is 0 Å². The van der Waals surface area contributed by atoms with Crippen molar-refractivity contribution in [3.8, 4) is 22.5 Å². The molecule has 68 heavy (non-hydrogen) atoms. The highest BCUT2D eigenvalue weighted by Crippen LogP contribution is 2.48. The minimum Gasteiger partial charge on any atom is -0.453 e. The highest BCUT2D eigenvalue weighted by Gasteiger charge is 2.40. The van der Waals surface area contributed by atoms with Gasteiger partial charge in [0.2, 0.25) is 5.91 Å². The number of hydrogen-bond donors (Lipinski definition) is 4. The number of nitrogens with zero attached hydrogens (tertiary/aromatic N) is 5. The van der Waals surface area contributed by atoms with Crippen LogP contribution in [0.4, 0.5) is 15.3 Å². The largest absolute Gasteiger partial charge is 0.453 e. The van der Waals surface area contributed by atoms with Crippen LogP contribution in [0.1, 0.15) is 139 Å². The lowest BCUT2D eigenvalue weighted by Crippen LogP contribution is -2.51. The number of nitrogens with one attached hydrogen (secondary N) is 3. The van der Waals surface area contributed by atoms with Crippen LogP contribution in [0.25, 0.3) is 22.5 Å². The van der Waals surface area contributed by atoms with Crippen LogP contribution >= 0.6 is 0 Å². The van der Waals surface area contributed by atoms with Crippen molar-refractivity contribution in [2.75, 3.05) is 25.1 Å². The van der Waals surface area contributed by atoms with Gasteiger partial charge in [0.25, 0.3) is 5.91 Å². The van der Waals surface area contributed by atoms with Crippen LogP contribution in [0, 0.1) is 11.8 Å². The van der Waals surface area contributed by atoms with Crippen LogP contribution in [0.2, 0.25) is 0 Å². The van der Waals surface area contributed by atoms with Gasteiger partial charge in [-0.3, -0.25) is 19.8 Å². The van der Waals surface area contributed by atoms with Crippen molar-refractivity contribution in [3.05, 3.63) is 113 Å². The second-order valence-corrected chi connectivity index (χ2v) is 20.3. The van der Waals surface area contributed by atoms with Gasteiger partial charge in [-0.05, 0) is 96.7 Å². The quantitative estimate of drug-likeness (QED) is 0.0890. The Morgan fingerprint density at radius 1 is 0.676 bits per heavy atom. The molecule has 3 aliphatic heterocycles. The van der Waals surface area contributed by atoms with Gasteiger partial charge in [-0.1, -0.05) is 109 Å².